The molecule has 1 fully saturated rings. The van der Waals surface area contributed by atoms with E-state index >= 15 is 0 Å². The summed E-state index contributed by atoms with van der Waals surface area (Å²) in [5, 5.41) is 18.0. The number of carbonyl (C=O) groups is 3. The van der Waals surface area contributed by atoms with Crippen molar-refractivity contribution < 1.29 is 24.2 Å². The van der Waals surface area contributed by atoms with Gasteiger partial charge in [-0.1, -0.05) is 62.6 Å². The molecule has 5 rings (SSSR count). The number of benzene rings is 3. The molecule has 3 aromatic rings. The zero-order chi connectivity index (χ0) is 30.5. The van der Waals surface area contributed by atoms with Crippen LogP contribution in [-0.2, 0) is 4.79 Å². The number of urea groups is 1. The molecule has 228 valence electrons. The Labute approximate surface area is 253 Å². The first-order valence-electron chi connectivity index (χ1n) is 15.3. The largest absolute Gasteiger partial charge is 0.487 e. The summed E-state index contributed by atoms with van der Waals surface area (Å²) in [4.78, 5) is 43.2. The molecule has 9 heteroatoms. The van der Waals surface area contributed by atoms with Gasteiger partial charge in [0.15, 0.2) is 0 Å². The van der Waals surface area contributed by atoms with Crippen LogP contribution in [0.4, 0.5) is 16.2 Å². The van der Waals surface area contributed by atoms with Crippen LogP contribution >= 0.6 is 0 Å². The molecule has 0 radical (unpaired) electrons. The fourth-order valence-electron chi connectivity index (χ4n) is 6.03. The molecule has 43 heavy (non-hydrogen) atoms. The molecule has 3 atom stereocenters. The molecule has 1 aliphatic heterocycles. The van der Waals surface area contributed by atoms with Gasteiger partial charge in [0.1, 0.15) is 11.9 Å². The summed E-state index contributed by atoms with van der Waals surface area (Å²) in [6.07, 6.45) is 4.58. The maximum Gasteiger partial charge on any atom is 0.321 e. The van der Waals surface area contributed by atoms with Crippen LogP contribution in [0.1, 0.15) is 56.3 Å². The van der Waals surface area contributed by atoms with Crippen LogP contribution in [-0.4, -0.2) is 71.6 Å². The van der Waals surface area contributed by atoms with Crippen molar-refractivity contribution >= 4 is 40.0 Å². The first-order chi connectivity index (χ1) is 20.7. The smallest absolute Gasteiger partial charge is 0.321 e. The number of rotatable bonds is 7. The van der Waals surface area contributed by atoms with Gasteiger partial charge in [0.05, 0.1) is 30.4 Å². The number of hydrogen-bond donors (Lipinski definition) is 3. The molecule has 1 heterocycles. The van der Waals surface area contributed by atoms with Crippen LogP contribution in [0.3, 0.4) is 0 Å². The van der Waals surface area contributed by atoms with Crippen molar-refractivity contribution in [2.45, 2.75) is 58.1 Å². The van der Waals surface area contributed by atoms with Crippen molar-refractivity contribution in [2.75, 3.05) is 37.4 Å². The highest BCUT2D eigenvalue weighted by Crippen LogP contribution is 2.32. The van der Waals surface area contributed by atoms with Gasteiger partial charge in [-0.2, -0.15) is 0 Å². The zero-order valence-corrected chi connectivity index (χ0v) is 25.2. The predicted molar refractivity (Wildman–Crippen MR) is 168 cm³/mol. The van der Waals surface area contributed by atoms with E-state index in [0.717, 1.165) is 48.6 Å². The number of amides is 4. The minimum Gasteiger partial charge on any atom is -0.487 e. The Bertz CT molecular complexity index is 1460. The fraction of sp³-hybridized carbons (Fsp3) is 0.441. The van der Waals surface area contributed by atoms with Gasteiger partial charge in [-0.15, -0.1) is 0 Å². The molecular formula is C34H42N4O5. The lowest BCUT2D eigenvalue weighted by Gasteiger charge is -2.38. The summed E-state index contributed by atoms with van der Waals surface area (Å²) < 4.78 is 6.45. The van der Waals surface area contributed by atoms with Crippen LogP contribution < -0.4 is 15.4 Å². The monoisotopic (exact) mass is 586 g/mol. The van der Waals surface area contributed by atoms with Gasteiger partial charge in [-0.25, -0.2) is 4.79 Å². The van der Waals surface area contributed by atoms with E-state index in [1.807, 2.05) is 49.4 Å². The normalized spacial score (nSPS) is 19.9. The molecule has 3 aromatic carbocycles. The summed E-state index contributed by atoms with van der Waals surface area (Å²) in [6.45, 7) is 4.20. The Morgan fingerprint density at radius 3 is 2.56 bits per heavy atom. The van der Waals surface area contributed by atoms with E-state index in [2.05, 4.69) is 10.6 Å². The number of ether oxygens (including phenoxy) is 1. The lowest BCUT2D eigenvalue weighted by atomic mass is 9.88. The number of anilines is 2. The number of aliphatic hydroxyl groups excluding tert-OH is 1. The third kappa shape index (κ3) is 6.94. The molecule has 0 bridgehead atoms. The summed E-state index contributed by atoms with van der Waals surface area (Å²) in [5.74, 6) is -0.0725. The van der Waals surface area contributed by atoms with E-state index in [9.17, 15) is 19.5 Å². The molecule has 0 spiro atoms. The number of nitrogens with one attached hydrogen (secondary N) is 2. The lowest BCUT2D eigenvalue weighted by molar-refractivity contribution is -0.120. The number of fused-ring (bicyclic) bond motifs is 2. The van der Waals surface area contributed by atoms with Gasteiger partial charge in [-0.3, -0.25) is 9.59 Å². The topological polar surface area (TPSA) is 111 Å². The van der Waals surface area contributed by atoms with Crippen LogP contribution in [0, 0.1) is 11.8 Å². The Morgan fingerprint density at radius 2 is 1.79 bits per heavy atom. The highest BCUT2D eigenvalue weighted by Gasteiger charge is 2.34. The van der Waals surface area contributed by atoms with E-state index < -0.39 is 12.1 Å². The lowest BCUT2D eigenvalue weighted by Crippen LogP contribution is -2.50. The van der Waals surface area contributed by atoms with E-state index in [1.54, 1.807) is 42.0 Å². The van der Waals surface area contributed by atoms with E-state index in [4.69, 9.17) is 4.74 Å². The van der Waals surface area contributed by atoms with Crippen molar-refractivity contribution in [3.63, 3.8) is 0 Å². The third-order valence-electron chi connectivity index (χ3n) is 8.74. The highest BCUT2D eigenvalue weighted by atomic mass is 16.5. The van der Waals surface area contributed by atoms with Gasteiger partial charge in [0.2, 0.25) is 5.91 Å². The van der Waals surface area contributed by atoms with E-state index in [1.165, 1.54) is 0 Å². The Morgan fingerprint density at radius 1 is 1.05 bits per heavy atom. The second-order valence-corrected chi connectivity index (χ2v) is 12.0. The van der Waals surface area contributed by atoms with Crippen LogP contribution in [0.25, 0.3) is 10.8 Å². The van der Waals surface area contributed by atoms with Crippen molar-refractivity contribution in [3.05, 3.63) is 66.2 Å². The number of hydrogen-bond acceptors (Lipinski definition) is 5. The molecule has 3 N–H and O–H groups in total. The second-order valence-electron chi connectivity index (χ2n) is 12.0. The molecule has 0 aromatic heterocycles. The average Bonchev–Trinajstić information content (AvgIpc) is 3.03. The summed E-state index contributed by atoms with van der Waals surface area (Å²) >= 11 is 0. The molecule has 9 nitrogen and oxygen atoms in total. The molecule has 2 aliphatic rings. The second kappa shape index (κ2) is 13.5. The Kier molecular flexibility index (Phi) is 9.50. The Hall–Kier alpha value is -4.11. The Balaban J connectivity index is 1.36. The van der Waals surface area contributed by atoms with Crippen molar-refractivity contribution in [2.24, 2.45) is 11.8 Å². The first-order valence-corrected chi connectivity index (χ1v) is 15.3. The van der Waals surface area contributed by atoms with E-state index in [0.29, 0.717) is 23.5 Å². The molecule has 1 aliphatic carbocycles. The zero-order valence-electron chi connectivity index (χ0n) is 25.2. The maximum atomic E-state index is 13.8. The van der Waals surface area contributed by atoms with Gasteiger partial charge in [0.25, 0.3) is 5.91 Å². The van der Waals surface area contributed by atoms with Crippen molar-refractivity contribution in [3.8, 4) is 5.75 Å². The van der Waals surface area contributed by atoms with E-state index in [-0.39, 0.29) is 42.8 Å². The van der Waals surface area contributed by atoms with Crippen molar-refractivity contribution in [1.29, 1.82) is 0 Å². The standard InChI is InChI=1S/C34H42N4O5/c1-22-19-38(23(2)21-39)33(41)28-18-26(35-32(40)25-11-5-4-6-12-25)16-17-30(28)43-31(22)20-37(3)34(42)36-29-15-9-13-24-10-7-8-14-27(24)29/h7-10,13-18,22-23,25,31,39H,4-6,11-12,19-21H2,1-3H3,(H,35,40)(H,36,42)/t22-,23-,31+/m0/s1. The van der Waals surface area contributed by atoms with Gasteiger partial charge >= 0.3 is 6.03 Å². The number of nitrogens with zero attached hydrogens (tertiary/aromatic N) is 2. The van der Waals surface area contributed by atoms with Crippen LogP contribution in [0.15, 0.2) is 60.7 Å². The minimum absolute atomic E-state index is 0.0191. The summed E-state index contributed by atoms with van der Waals surface area (Å²) in [5.41, 5.74) is 1.59. The van der Waals surface area contributed by atoms with Crippen molar-refractivity contribution in [1.82, 2.24) is 9.80 Å². The third-order valence-corrected chi connectivity index (χ3v) is 8.74. The fourth-order valence-corrected chi connectivity index (χ4v) is 6.03. The molecular weight excluding hydrogens is 544 g/mol. The van der Waals surface area contributed by atoms with Gasteiger partial charge in [-0.05, 0) is 49.4 Å². The number of likely N-dealkylation sites (N-methyl/N-ethyl adjacent to an activating group) is 1. The van der Waals surface area contributed by atoms with Crippen LogP contribution in [0.2, 0.25) is 0 Å². The maximum absolute atomic E-state index is 13.8. The highest BCUT2D eigenvalue weighted by molar-refractivity contribution is 6.02. The molecule has 0 unspecified atom stereocenters. The first kappa shape index (κ1) is 30.4. The number of aliphatic hydroxyl groups is 1. The molecule has 0 saturated heterocycles. The van der Waals surface area contributed by atoms with Gasteiger partial charge in [0, 0.05) is 36.5 Å². The van der Waals surface area contributed by atoms with Crippen LogP contribution in [0.5, 0.6) is 5.75 Å². The summed E-state index contributed by atoms with van der Waals surface area (Å²) in [7, 11) is 1.72. The van der Waals surface area contributed by atoms with Gasteiger partial charge < -0.3 is 30.3 Å². The quantitative estimate of drug-likeness (QED) is 0.327. The molecule has 4 amide bonds. The average molecular weight is 587 g/mol. The summed E-state index contributed by atoms with van der Waals surface area (Å²) in [6, 6.07) is 18.1. The predicted octanol–water partition coefficient (Wildman–Crippen LogP) is 5.74. The minimum atomic E-state index is -0.439. The SMILES string of the molecule is C[C@H]1CN([C@@H](C)CO)C(=O)c2cc(NC(=O)C3CCCCC3)ccc2O[C@@H]1CN(C)C(=O)Nc1cccc2ccccc12. The number of carbonyl (C=O) groups excluding carboxylic acids is 3. The molecule has 1 saturated carbocycles.